The second-order valence-corrected chi connectivity index (χ2v) is 8.32. The summed E-state index contributed by atoms with van der Waals surface area (Å²) in [5, 5.41) is 12.9. The summed E-state index contributed by atoms with van der Waals surface area (Å²) in [4.78, 5) is 26.8. The summed E-state index contributed by atoms with van der Waals surface area (Å²) in [6, 6.07) is 16.1. The fourth-order valence-electron chi connectivity index (χ4n) is 3.85. The summed E-state index contributed by atoms with van der Waals surface area (Å²) in [5.74, 6) is -0.921. The highest BCUT2D eigenvalue weighted by Gasteiger charge is 2.30. The molecule has 2 heterocycles. The molecule has 0 aliphatic carbocycles. The number of halogens is 1. The van der Waals surface area contributed by atoms with Crippen LogP contribution < -0.4 is 5.32 Å². The Bertz CT molecular complexity index is 1060. The van der Waals surface area contributed by atoms with Gasteiger partial charge in [-0.1, -0.05) is 48.2 Å². The molecule has 5 nitrogen and oxygen atoms in total. The van der Waals surface area contributed by atoms with Crippen LogP contribution in [0.1, 0.15) is 29.0 Å². The van der Waals surface area contributed by atoms with E-state index in [0.29, 0.717) is 29.3 Å². The first kappa shape index (κ1) is 20.2. The van der Waals surface area contributed by atoms with Gasteiger partial charge in [-0.2, -0.15) is 5.26 Å². The summed E-state index contributed by atoms with van der Waals surface area (Å²) in [7, 11) is 0. The Morgan fingerprint density at radius 3 is 2.67 bits per heavy atom. The summed E-state index contributed by atoms with van der Waals surface area (Å²) >= 11 is 1.18. The minimum atomic E-state index is -0.441. The molecule has 1 N–H and O–H groups in total. The third kappa shape index (κ3) is 4.24. The molecule has 4 rings (SSSR count). The summed E-state index contributed by atoms with van der Waals surface area (Å²) in [6.07, 6.45) is 0.942. The Morgan fingerprint density at radius 2 is 1.93 bits per heavy atom. The number of benzene rings is 2. The molecule has 0 saturated heterocycles. The molecule has 0 spiro atoms. The van der Waals surface area contributed by atoms with Gasteiger partial charge in [-0.25, -0.2) is 4.39 Å². The molecule has 2 aromatic carbocycles. The number of nitrogens with one attached hydrogen (secondary N) is 1. The van der Waals surface area contributed by atoms with Crippen LogP contribution in [0.5, 0.6) is 0 Å². The largest absolute Gasteiger partial charge is 0.337 e. The van der Waals surface area contributed by atoms with E-state index in [0.717, 1.165) is 12.0 Å². The van der Waals surface area contributed by atoms with Crippen molar-refractivity contribution in [2.24, 2.45) is 0 Å². The second kappa shape index (κ2) is 8.72. The van der Waals surface area contributed by atoms with Gasteiger partial charge in [-0.15, -0.1) is 0 Å². The highest BCUT2D eigenvalue weighted by atomic mass is 32.2. The first-order chi connectivity index (χ1) is 14.5. The molecular weight excluding hydrogens is 401 g/mol. The Morgan fingerprint density at radius 1 is 1.20 bits per heavy atom. The molecule has 0 fully saturated rings. The molecular formula is C23H20FN3O2S. The Hall–Kier alpha value is -3.11. The van der Waals surface area contributed by atoms with Gasteiger partial charge in [0.05, 0.1) is 22.4 Å². The first-order valence-corrected chi connectivity index (χ1v) is 10.7. The molecule has 30 heavy (non-hydrogen) atoms. The minimum Gasteiger partial charge on any atom is -0.337 e. The lowest BCUT2D eigenvalue weighted by atomic mass is 9.87. The number of amides is 2. The predicted octanol–water partition coefficient (Wildman–Crippen LogP) is 3.48. The van der Waals surface area contributed by atoms with Crippen molar-refractivity contribution in [3.8, 4) is 6.07 Å². The number of nitriles is 1. The number of fused-ring (bicyclic) bond motifs is 1. The maximum atomic E-state index is 13.3. The fraction of sp³-hybridized carbons (Fsp3) is 0.261. The van der Waals surface area contributed by atoms with Crippen LogP contribution in [0.25, 0.3) is 0 Å². The maximum absolute atomic E-state index is 13.3. The van der Waals surface area contributed by atoms with Crippen molar-refractivity contribution in [1.29, 1.82) is 5.26 Å². The number of rotatable bonds is 4. The van der Waals surface area contributed by atoms with Crippen molar-refractivity contribution in [2.45, 2.75) is 25.3 Å². The van der Waals surface area contributed by atoms with Gasteiger partial charge in [0.2, 0.25) is 11.8 Å². The molecule has 2 aromatic rings. The average Bonchev–Trinajstić information content (AvgIpc) is 2.77. The number of thioether (sulfide) groups is 1. The van der Waals surface area contributed by atoms with E-state index < -0.39 is 5.92 Å². The van der Waals surface area contributed by atoms with Crippen molar-refractivity contribution in [3.05, 3.63) is 81.6 Å². The number of carbonyl (C=O) groups excluding carboxylic acids is 2. The molecule has 7 heteroatoms. The van der Waals surface area contributed by atoms with Crippen LogP contribution in [0.4, 0.5) is 4.39 Å². The number of hydrogen-bond acceptors (Lipinski definition) is 4. The third-order valence-electron chi connectivity index (χ3n) is 5.45. The Balaban J connectivity index is 1.48. The molecule has 0 radical (unpaired) electrons. The standard InChI is InChI=1S/C23H20FN3O2S/c24-18-7-5-16(6-8-18)19-11-21(28)26-23(20(19)12-25)30-14-22(29)27-10-9-15-3-1-2-4-17(15)13-27/h1-8,19H,9-11,13-14H2,(H,26,28)/t19-/m1/s1. The zero-order valence-corrected chi connectivity index (χ0v) is 17.0. The molecule has 1 atom stereocenters. The lowest BCUT2D eigenvalue weighted by Gasteiger charge is -2.29. The summed E-state index contributed by atoms with van der Waals surface area (Å²) in [5.41, 5.74) is 3.54. The lowest BCUT2D eigenvalue weighted by Crippen LogP contribution is -2.37. The van der Waals surface area contributed by atoms with Gasteiger partial charge < -0.3 is 10.2 Å². The van der Waals surface area contributed by atoms with Gasteiger partial charge in [0.25, 0.3) is 0 Å². The topological polar surface area (TPSA) is 73.2 Å². The van der Waals surface area contributed by atoms with Crippen molar-refractivity contribution in [1.82, 2.24) is 10.2 Å². The third-order valence-corrected chi connectivity index (χ3v) is 6.45. The molecule has 0 bridgehead atoms. The Kier molecular flexibility index (Phi) is 5.86. The van der Waals surface area contributed by atoms with Gasteiger partial charge in [-0.05, 0) is 35.2 Å². The number of carbonyl (C=O) groups is 2. The van der Waals surface area contributed by atoms with Gasteiger partial charge >= 0.3 is 0 Å². The van der Waals surface area contributed by atoms with Crippen LogP contribution in [0.15, 0.2) is 59.1 Å². The molecule has 152 valence electrons. The highest BCUT2D eigenvalue weighted by Crippen LogP contribution is 2.36. The zero-order chi connectivity index (χ0) is 21.1. The molecule has 0 saturated carbocycles. The lowest BCUT2D eigenvalue weighted by molar-refractivity contribution is -0.129. The first-order valence-electron chi connectivity index (χ1n) is 9.72. The van der Waals surface area contributed by atoms with Crippen LogP contribution in [-0.2, 0) is 22.6 Å². The van der Waals surface area contributed by atoms with Crippen molar-refractivity contribution in [2.75, 3.05) is 12.3 Å². The van der Waals surface area contributed by atoms with E-state index in [2.05, 4.69) is 17.5 Å². The highest BCUT2D eigenvalue weighted by molar-refractivity contribution is 8.03. The van der Waals surface area contributed by atoms with Gasteiger partial charge in [0.1, 0.15) is 5.82 Å². The van der Waals surface area contributed by atoms with Crippen LogP contribution >= 0.6 is 11.8 Å². The summed E-state index contributed by atoms with van der Waals surface area (Å²) < 4.78 is 13.3. The minimum absolute atomic E-state index is 0.0301. The SMILES string of the molecule is N#CC1=C(SCC(=O)N2CCc3ccccc3C2)NC(=O)C[C@@H]1c1ccc(F)cc1. The molecule has 2 aliphatic rings. The van der Waals surface area contributed by atoms with Crippen LogP contribution in [0.2, 0.25) is 0 Å². The van der Waals surface area contributed by atoms with Crippen LogP contribution in [-0.4, -0.2) is 29.0 Å². The monoisotopic (exact) mass is 421 g/mol. The molecule has 0 unspecified atom stereocenters. The molecule has 0 aromatic heterocycles. The zero-order valence-electron chi connectivity index (χ0n) is 16.2. The normalized spacial score (nSPS) is 18.5. The fourth-order valence-corrected chi connectivity index (χ4v) is 4.83. The van der Waals surface area contributed by atoms with E-state index in [1.807, 2.05) is 23.1 Å². The number of hydrogen-bond donors (Lipinski definition) is 1. The smallest absolute Gasteiger partial charge is 0.233 e. The Labute approximate surface area is 178 Å². The van der Waals surface area contributed by atoms with Gasteiger partial charge in [-0.3, -0.25) is 9.59 Å². The molecule has 2 aliphatic heterocycles. The second-order valence-electron chi connectivity index (χ2n) is 7.33. The summed E-state index contributed by atoms with van der Waals surface area (Å²) in [6.45, 7) is 1.23. The van der Waals surface area contributed by atoms with E-state index in [-0.39, 0.29) is 29.8 Å². The van der Waals surface area contributed by atoms with Crippen molar-refractivity contribution >= 4 is 23.6 Å². The van der Waals surface area contributed by atoms with Crippen molar-refractivity contribution in [3.63, 3.8) is 0 Å². The van der Waals surface area contributed by atoms with Crippen molar-refractivity contribution < 1.29 is 14.0 Å². The maximum Gasteiger partial charge on any atom is 0.233 e. The predicted molar refractivity (Wildman–Crippen MR) is 113 cm³/mol. The van der Waals surface area contributed by atoms with Gasteiger partial charge in [0.15, 0.2) is 0 Å². The van der Waals surface area contributed by atoms with Crippen LogP contribution in [0, 0.1) is 17.1 Å². The van der Waals surface area contributed by atoms with E-state index in [9.17, 15) is 19.2 Å². The van der Waals surface area contributed by atoms with E-state index in [1.54, 1.807) is 12.1 Å². The molecule has 2 amide bonds. The number of allylic oxidation sites excluding steroid dienone is 1. The van der Waals surface area contributed by atoms with E-state index in [1.165, 1.54) is 29.5 Å². The van der Waals surface area contributed by atoms with E-state index in [4.69, 9.17) is 0 Å². The van der Waals surface area contributed by atoms with Crippen LogP contribution in [0.3, 0.4) is 0 Å². The van der Waals surface area contributed by atoms with Gasteiger partial charge in [0, 0.05) is 25.4 Å². The van der Waals surface area contributed by atoms with E-state index >= 15 is 0 Å². The number of nitrogens with zero attached hydrogens (tertiary/aromatic N) is 2. The quantitative estimate of drug-likeness (QED) is 0.820. The average molecular weight is 421 g/mol.